The fourth-order valence-corrected chi connectivity index (χ4v) is 3.79. The van der Waals surface area contributed by atoms with E-state index in [0.717, 1.165) is 18.4 Å². The Labute approximate surface area is 136 Å². The van der Waals surface area contributed by atoms with Gasteiger partial charge in [-0.1, -0.05) is 12.1 Å². The molecule has 0 unspecified atom stereocenters. The molecule has 0 aliphatic carbocycles. The molecule has 0 aliphatic heterocycles. The van der Waals surface area contributed by atoms with E-state index in [2.05, 4.69) is 34.7 Å². The van der Waals surface area contributed by atoms with Gasteiger partial charge in [-0.05, 0) is 59.2 Å². The molecule has 0 saturated heterocycles. The summed E-state index contributed by atoms with van der Waals surface area (Å²) in [6.45, 7) is 0. The molecule has 1 aromatic heterocycles. The first-order valence-corrected chi connectivity index (χ1v) is 8.03. The molecular weight excluding hydrogens is 387 g/mol. The van der Waals surface area contributed by atoms with Gasteiger partial charge >= 0.3 is 5.97 Å². The maximum Gasteiger partial charge on any atom is 0.341 e. The molecule has 0 spiro atoms. The fourth-order valence-electron chi connectivity index (χ4n) is 2.03. The molecule has 2 rings (SSSR count). The van der Waals surface area contributed by atoms with E-state index in [0.29, 0.717) is 11.3 Å². The van der Waals surface area contributed by atoms with Crippen LogP contribution in [0.4, 0.5) is 0 Å². The second kappa shape index (κ2) is 7.08. The average molecular weight is 402 g/mol. The Morgan fingerprint density at radius 3 is 2.60 bits per heavy atom. The molecule has 20 heavy (non-hydrogen) atoms. The van der Waals surface area contributed by atoms with Crippen molar-refractivity contribution in [3.63, 3.8) is 0 Å². The Kier molecular flexibility index (Phi) is 5.42. The number of carbonyl (C=O) groups excluding carboxylic acids is 1. The van der Waals surface area contributed by atoms with Crippen LogP contribution < -0.4 is 4.74 Å². The summed E-state index contributed by atoms with van der Waals surface area (Å²) in [7, 11) is 2.95. The van der Waals surface area contributed by atoms with E-state index in [-0.39, 0.29) is 5.97 Å². The van der Waals surface area contributed by atoms with Crippen molar-refractivity contribution in [2.45, 2.75) is 12.8 Å². The van der Waals surface area contributed by atoms with Gasteiger partial charge in [-0.15, -0.1) is 11.3 Å². The first-order chi connectivity index (χ1) is 9.65. The second-order valence-electron chi connectivity index (χ2n) is 4.19. The second-order valence-corrected chi connectivity index (χ2v) is 7.25. The number of esters is 1. The van der Waals surface area contributed by atoms with Crippen LogP contribution in [0.1, 0.15) is 20.8 Å². The van der Waals surface area contributed by atoms with Crippen LogP contribution in [-0.4, -0.2) is 20.2 Å². The van der Waals surface area contributed by atoms with Crippen LogP contribution in [-0.2, 0) is 17.6 Å². The van der Waals surface area contributed by atoms with E-state index in [4.69, 9.17) is 9.47 Å². The predicted molar refractivity (Wildman–Crippen MR) is 88.8 cm³/mol. The van der Waals surface area contributed by atoms with Gasteiger partial charge in [0.15, 0.2) is 0 Å². The monoisotopic (exact) mass is 402 g/mol. The van der Waals surface area contributed by atoms with Gasteiger partial charge in [0, 0.05) is 4.88 Å². The van der Waals surface area contributed by atoms with Crippen LogP contribution in [0.3, 0.4) is 0 Å². The molecule has 0 atom stereocenters. The normalized spacial score (nSPS) is 10.3. The number of methoxy groups -OCH3 is 2. The molecular formula is C15H15IO3S. The Balaban J connectivity index is 2.24. The fraction of sp³-hybridized carbons (Fsp3) is 0.267. The topological polar surface area (TPSA) is 35.5 Å². The first kappa shape index (κ1) is 15.3. The highest BCUT2D eigenvalue weighted by Crippen LogP contribution is 2.26. The summed E-state index contributed by atoms with van der Waals surface area (Å²) in [4.78, 5) is 13.2. The maximum atomic E-state index is 11.9. The molecule has 106 valence electrons. The molecule has 0 fully saturated rings. The van der Waals surface area contributed by atoms with Crippen molar-refractivity contribution in [2.24, 2.45) is 0 Å². The van der Waals surface area contributed by atoms with Gasteiger partial charge in [0.25, 0.3) is 0 Å². The molecule has 2 aromatic rings. The highest BCUT2D eigenvalue weighted by Gasteiger charge is 2.17. The highest BCUT2D eigenvalue weighted by atomic mass is 127. The standard InChI is InChI=1S/C15H15IO3S/c1-18-12-5-3-4-10(14(12)15(17)19-2)6-7-11-8-9-13(16)20-11/h3-5,8-9H,6-7H2,1-2H3. The lowest BCUT2D eigenvalue weighted by molar-refractivity contribution is 0.0596. The van der Waals surface area contributed by atoms with Gasteiger partial charge in [0.1, 0.15) is 11.3 Å². The molecule has 0 amide bonds. The summed E-state index contributed by atoms with van der Waals surface area (Å²) in [5, 5.41) is 0. The third kappa shape index (κ3) is 3.52. The van der Waals surface area contributed by atoms with Crippen molar-refractivity contribution < 1.29 is 14.3 Å². The first-order valence-electron chi connectivity index (χ1n) is 6.14. The number of halogens is 1. The Bertz CT molecular complexity index is 607. The molecule has 1 heterocycles. The summed E-state index contributed by atoms with van der Waals surface area (Å²) in [6.07, 6.45) is 1.70. The number of rotatable bonds is 5. The van der Waals surface area contributed by atoms with Crippen molar-refractivity contribution in [1.29, 1.82) is 0 Å². The zero-order chi connectivity index (χ0) is 14.5. The molecule has 1 aromatic carbocycles. The van der Waals surface area contributed by atoms with Crippen molar-refractivity contribution in [1.82, 2.24) is 0 Å². The van der Waals surface area contributed by atoms with E-state index >= 15 is 0 Å². The predicted octanol–water partition coefficient (Wildman–Crippen LogP) is 3.93. The minimum absolute atomic E-state index is 0.349. The van der Waals surface area contributed by atoms with Crippen LogP contribution in [0.25, 0.3) is 0 Å². The average Bonchev–Trinajstić information content (AvgIpc) is 2.89. The maximum absolute atomic E-state index is 11.9. The summed E-state index contributed by atoms with van der Waals surface area (Å²) < 4.78 is 11.4. The minimum Gasteiger partial charge on any atom is -0.496 e. The quantitative estimate of drug-likeness (QED) is 0.562. The van der Waals surface area contributed by atoms with Crippen LogP contribution in [0.2, 0.25) is 0 Å². The van der Waals surface area contributed by atoms with Crippen LogP contribution >= 0.6 is 33.9 Å². The number of thiophene rings is 1. The van der Waals surface area contributed by atoms with E-state index in [1.54, 1.807) is 24.5 Å². The summed E-state index contributed by atoms with van der Waals surface area (Å²) in [6, 6.07) is 9.87. The molecule has 0 N–H and O–H groups in total. The van der Waals surface area contributed by atoms with Crippen molar-refractivity contribution in [3.05, 3.63) is 49.2 Å². The van der Waals surface area contributed by atoms with Crippen LogP contribution in [0.5, 0.6) is 5.75 Å². The number of hydrogen-bond donors (Lipinski definition) is 0. The summed E-state index contributed by atoms with van der Waals surface area (Å²) >= 11 is 4.09. The van der Waals surface area contributed by atoms with Crippen molar-refractivity contribution in [2.75, 3.05) is 14.2 Å². The lowest BCUT2D eigenvalue weighted by Crippen LogP contribution is -2.08. The minimum atomic E-state index is -0.349. The summed E-state index contributed by atoms with van der Waals surface area (Å²) in [5.74, 6) is 0.216. The zero-order valence-corrected chi connectivity index (χ0v) is 14.3. The molecule has 0 bridgehead atoms. The number of hydrogen-bond acceptors (Lipinski definition) is 4. The van der Waals surface area contributed by atoms with E-state index in [1.165, 1.54) is 14.9 Å². The smallest absolute Gasteiger partial charge is 0.341 e. The molecule has 5 heteroatoms. The lowest BCUT2D eigenvalue weighted by atomic mass is 10.0. The Hall–Kier alpha value is -1.08. The third-order valence-corrected chi connectivity index (χ3v) is 4.95. The van der Waals surface area contributed by atoms with Gasteiger partial charge in [0.05, 0.1) is 17.1 Å². The molecule has 0 radical (unpaired) electrons. The van der Waals surface area contributed by atoms with Gasteiger partial charge in [0.2, 0.25) is 0 Å². The zero-order valence-electron chi connectivity index (χ0n) is 11.3. The largest absolute Gasteiger partial charge is 0.496 e. The number of benzene rings is 1. The molecule has 3 nitrogen and oxygen atoms in total. The van der Waals surface area contributed by atoms with E-state index in [1.807, 2.05) is 12.1 Å². The highest BCUT2D eigenvalue weighted by molar-refractivity contribution is 14.1. The SMILES string of the molecule is COC(=O)c1c(CCc2ccc(I)s2)cccc1OC. The lowest BCUT2D eigenvalue weighted by Gasteiger charge is -2.11. The molecule has 0 saturated carbocycles. The number of aryl methyl sites for hydroxylation is 2. The van der Waals surface area contributed by atoms with Crippen molar-refractivity contribution >= 4 is 39.9 Å². The number of carbonyl (C=O) groups is 1. The van der Waals surface area contributed by atoms with Crippen molar-refractivity contribution in [3.8, 4) is 5.75 Å². The summed E-state index contributed by atoms with van der Waals surface area (Å²) in [5.41, 5.74) is 1.49. The Morgan fingerprint density at radius 2 is 2.00 bits per heavy atom. The van der Waals surface area contributed by atoms with Crippen LogP contribution in [0, 0.1) is 2.88 Å². The van der Waals surface area contributed by atoms with Crippen LogP contribution in [0.15, 0.2) is 30.3 Å². The van der Waals surface area contributed by atoms with E-state index < -0.39 is 0 Å². The molecule has 0 aliphatic rings. The van der Waals surface area contributed by atoms with Gasteiger partial charge in [-0.3, -0.25) is 0 Å². The van der Waals surface area contributed by atoms with Gasteiger partial charge in [-0.2, -0.15) is 0 Å². The van der Waals surface area contributed by atoms with Gasteiger partial charge in [-0.25, -0.2) is 4.79 Å². The van der Waals surface area contributed by atoms with E-state index in [9.17, 15) is 4.79 Å². The van der Waals surface area contributed by atoms with Gasteiger partial charge < -0.3 is 9.47 Å². The third-order valence-electron chi connectivity index (χ3n) is 2.99. The Morgan fingerprint density at radius 1 is 1.20 bits per heavy atom. The number of ether oxygens (including phenoxy) is 2.